The van der Waals surface area contributed by atoms with E-state index in [1.54, 1.807) is 6.08 Å². The Morgan fingerprint density at radius 3 is 2.44 bits per heavy atom. The first-order valence-electron chi connectivity index (χ1n) is 5.79. The van der Waals surface area contributed by atoms with Gasteiger partial charge in [0.15, 0.2) is 6.29 Å². The molecule has 0 saturated carbocycles. The third-order valence-electron chi connectivity index (χ3n) is 2.67. The van der Waals surface area contributed by atoms with Crippen molar-refractivity contribution >= 4 is 12.6 Å². The van der Waals surface area contributed by atoms with Crippen molar-refractivity contribution in [3.8, 4) is 0 Å². The second kappa shape index (κ2) is 8.11. The standard InChI is InChI=1S/C11H20O6S/c12-6-7-8(13)9(14)10(15)11(17-7)16-4-2-1-3-5-18/h1-2,7-15,18H,3-6H2/b2-1+/t7?,8-,9?,10-,11+/m0/s1. The van der Waals surface area contributed by atoms with E-state index in [1.165, 1.54) is 0 Å². The lowest BCUT2D eigenvalue weighted by Gasteiger charge is -2.39. The number of hydrogen-bond donors (Lipinski definition) is 5. The van der Waals surface area contributed by atoms with Crippen molar-refractivity contribution in [2.24, 2.45) is 0 Å². The molecule has 1 rings (SSSR count). The van der Waals surface area contributed by atoms with E-state index >= 15 is 0 Å². The summed E-state index contributed by atoms with van der Waals surface area (Å²) in [6.45, 7) is -0.253. The number of hydrogen-bond acceptors (Lipinski definition) is 7. The van der Waals surface area contributed by atoms with Crippen LogP contribution in [0.2, 0.25) is 0 Å². The maximum atomic E-state index is 9.65. The predicted octanol–water partition coefficient (Wildman–Crippen LogP) is -1.32. The molecular formula is C11H20O6S. The van der Waals surface area contributed by atoms with E-state index in [-0.39, 0.29) is 6.61 Å². The molecule has 1 heterocycles. The maximum absolute atomic E-state index is 9.65. The first-order valence-corrected chi connectivity index (χ1v) is 6.43. The second-order valence-electron chi connectivity index (χ2n) is 4.01. The molecule has 0 radical (unpaired) electrons. The maximum Gasteiger partial charge on any atom is 0.187 e. The lowest BCUT2D eigenvalue weighted by atomic mass is 9.99. The first-order chi connectivity index (χ1) is 8.61. The SMILES string of the molecule is OCC1O[C@@H](OC/C=C/CCS)[C@@H](O)C(O)[C@H]1O. The summed E-state index contributed by atoms with van der Waals surface area (Å²) in [6, 6.07) is 0. The van der Waals surface area contributed by atoms with Crippen molar-refractivity contribution in [2.75, 3.05) is 19.0 Å². The van der Waals surface area contributed by atoms with Gasteiger partial charge in [0.05, 0.1) is 13.2 Å². The van der Waals surface area contributed by atoms with Crippen LogP contribution in [0.1, 0.15) is 6.42 Å². The van der Waals surface area contributed by atoms with Crippen LogP contribution in [-0.2, 0) is 9.47 Å². The van der Waals surface area contributed by atoms with E-state index < -0.39 is 37.3 Å². The minimum atomic E-state index is -1.40. The highest BCUT2D eigenvalue weighted by Crippen LogP contribution is 2.21. The van der Waals surface area contributed by atoms with Gasteiger partial charge in [0.25, 0.3) is 0 Å². The summed E-state index contributed by atoms with van der Waals surface area (Å²) >= 11 is 4.04. The van der Waals surface area contributed by atoms with Gasteiger partial charge in [-0.05, 0) is 12.2 Å². The number of ether oxygens (including phenoxy) is 2. The van der Waals surface area contributed by atoms with Crippen LogP contribution < -0.4 is 0 Å². The Labute approximate surface area is 111 Å². The second-order valence-corrected chi connectivity index (χ2v) is 4.46. The highest BCUT2D eigenvalue weighted by Gasteiger charge is 2.43. The highest BCUT2D eigenvalue weighted by atomic mass is 32.1. The van der Waals surface area contributed by atoms with Gasteiger partial charge in [0.1, 0.15) is 24.4 Å². The third kappa shape index (κ3) is 4.20. The van der Waals surface area contributed by atoms with Gasteiger partial charge >= 0.3 is 0 Å². The van der Waals surface area contributed by atoms with Gasteiger partial charge in [-0.15, -0.1) is 0 Å². The van der Waals surface area contributed by atoms with E-state index in [0.29, 0.717) is 0 Å². The molecule has 0 bridgehead atoms. The summed E-state index contributed by atoms with van der Waals surface area (Å²) < 4.78 is 10.4. The van der Waals surface area contributed by atoms with Crippen molar-refractivity contribution in [3.63, 3.8) is 0 Å². The first kappa shape index (κ1) is 15.9. The zero-order valence-electron chi connectivity index (χ0n) is 9.92. The van der Waals surface area contributed by atoms with Gasteiger partial charge in [-0.2, -0.15) is 12.6 Å². The average Bonchev–Trinajstić information content (AvgIpc) is 2.38. The molecule has 106 valence electrons. The Bertz CT molecular complexity index is 260. The average molecular weight is 280 g/mol. The number of aliphatic hydroxyl groups is 4. The molecule has 1 aliphatic rings. The normalized spacial score (nSPS) is 37.3. The summed E-state index contributed by atoms with van der Waals surface area (Å²) in [5, 5.41) is 37.7. The Morgan fingerprint density at radius 2 is 1.83 bits per heavy atom. The molecule has 1 aliphatic heterocycles. The van der Waals surface area contributed by atoms with Crippen LogP contribution in [0.15, 0.2) is 12.2 Å². The van der Waals surface area contributed by atoms with Crippen LogP contribution in [0.3, 0.4) is 0 Å². The Morgan fingerprint density at radius 1 is 1.11 bits per heavy atom. The summed E-state index contributed by atoms with van der Waals surface area (Å²) in [6.07, 6.45) is -1.68. The largest absolute Gasteiger partial charge is 0.394 e. The topological polar surface area (TPSA) is 99.4 Å². The Hall–Kier alpha value is -0.150. The molecule has 7 heteroatoms. The smallest absolute Gasteiger partial charge is 0.187 e. The van der Waals surface area contributed by atoms with Crippen molar-refractivity contribution in [1.29, 1.82) is 0 Å². The van der Waals surface area contributed by atoms with Gasteiger partial charge in [-0.1, -0.05) is 12.2 Å². The number of rotatable bonds is 6. The fourth-order valence-electron chi connectivity index (χ4n) is 1.62. The van der Waals surface area contributed by atoms with Crippen molar-refractivity contribution in [1.82, 2.24) is 0 Å². The minimum Gasteiger partial charge on any atom is -0.394 e. The van der Waals surface area contributed by atoms with Gasteiger partial charge < -0.3 is 29.9 Å². The lowest BCUT2D eigenvalue weighted by Crippen LogP contribution is -2.59. The van der Waals surface area contributed by atoms with Gasteiger partial charge in [0.2, 0.25) is 0 Å². The quantitative estimate of drug-likeness (QED) is 0.306. The van der Waals surface area contributed by atoms with Crippen molar-refractivity contribution in [2.45, 2.75) is 37.1 Å². The molecule has 0 aromatic heterocycles. The van der Waals surface area contributed by atoms with E-state index in [2.05, 4.69) is 12.6 Å². The number of aliphatic hydroxyl groups excluding tert-OH is 4. The van der Waals surface area contributed by atoms with Crippen LogP contribution in [0.5, 0.6) is 0 Å². The lowest BCUT2D eigenvalue weighted by molar-refractivity contribution is -0.298. The molecule has 1 fully saturated rings. The Balaban J connectivity index is 2.44. The fraction of sp³-hybridized carbons (Fsp3) is 0.818. The summed E-state index contributed by atoms with van der Waals surface area (Å²) in [5.41, 5.74) is 0. The van der Waals surface area contributed by atoms with Crippen molar-refractivity contribution in [3.05, 3.63) is 12.2 Å². The van der Waals surface area contributed by atoms with E-state index in [1.807, 2.05) is 6.08 Å². The number of thiol groups is 1. The van der Waals surface area contributed by atoms with E-state index in [0.717, 1.165) is 12.2 Å². The molecular weight excluding hydrogens is 260 g/mol. The minimum absolute atomic E-state index is 0.205. The van der Waals surface area contributed by atoms with E-state index in [9.17, 15) is 15.3 Å². The zero-order chi connectivity index (χ0) is 13.5. The van der Waals surface area contributed by atoms with E-state index in [4.69, 9.17) is 14.6 Å². The molecule has 0 aromatic rings. The molecule has 0 spiro atoms. The van der Waals surface area contributed by atoms with Crippen molar-refractivity contribution < 1.29 is 29.9 Å². The monoisotopic (exact) mass is 280 g/mol. The fourth-order valence-corrected chi connectivity index (χ4v) is 1.77. The number of allylic oxidation sites excluding steroid dienone is 1. The van der Waals surface area contributed by atoms with Crippen LogP contribution >= 0.6 is 12.6 Å². The molecule has 5 atom stereocenters. The summed E-state index contributed by atoms with van der Waals surface area (Å²) in [7, 11) is 0. The molecule has 1 saturated heterocycles. The molecule has 0 amide bonds. The predicted molar refractivity (Wildman–Crippen MR) is 67.3 cm³/mol. The molecule has 18 heavy (non-hydrogen) atoms. The summed E-state index contributed by atoms with van der Waals surface area (Å²) in [5.74, 6) is 0.733. The molecule has 2 unspecified atom stereocenters. The molecule has 4 N–H and O–H groups in total. The van der Waals surface area contributed by atoms with Crippen LogP contribution in [-0.4, -0.2) is 70.1 Å². The highest BCUT2D eigenvalue weighted by molar-refractivity contribution is 7.80. The van der Waals surface area contributed by atoms with Crippen LogP contribution in [0, 0.1) is 0 Å². The molecule has 0 aliphatic carbocycles. The Kier molecular flexibility index (Phi) is 7.16. The molecule has 6 nitrogen and oxygen atoms in total. The molecule has 0 aromatic carbocycles. The third-order valence-corrected chi connectivity index (χ3v) is 2.93. The zero-order valence-corrected chi connectivity index (χ0v) is 10.8. The van der Waals surface area contributed by atoms with Gasteiger partial charge in [0, 0.05) is 0 Å². The van der Waals surface area contributed by atoms with Crippen LogP contribution in [0.4, 0.5) is 0 Å². The summed E-state index contributed by atoms with van der Waals surface area (Å²) in [4.78, 5) is 0. The van der Waals surface area contributed by atoms with Crippen LogP contribution in [0.25, 0.3) is 0 Å². The van der Waals surface area contributed by atoms with Gasteiger partial charge in [-0.25, -0.2) is 0 Å². The van der Waals surface area contributed by atoms with Gasteiger partial charge in [-0.3, -0.25) is 0 Å².